The lowest BCUT2D eigenvalue weighted by Gasteiger charge is -2.34. The van der Waals surface area contributed by atoms with E-state index in [4.69, 9.17) is 5.73 Å². The molecule has 4 nitrogen and oxygen atoms in total. The van der Waals surface area contributed by atoms with Crippen molar-refractivity contribution in [2.24, 2.45) is 17.1 Å². The van der Waals surface area contributed by atoms with E-state index in [1.807, 2.05) is 0 Å². The Hall–Kier alpha value is -0.610. The minimum Gasteiger partial charge on any atom is -0.355 e. The molecule has 21 heavy (non-hydrogen) atoms. The lowest BCUT2D eigenvalue weighted by atomic mass is 9.78. The second-order valence-electron chi connectivity index (χ2n) is 6.57. The van der Waals surface area contributed by atoms with Gasteiger partial charge in [-0.3, -0.25) is 4.79 Å². The Bertz CT molecular complexity index is 292. The SMILES string of the molecule is CCCC(CN)(CCC)C(=O)NCC1CCN(CC)CC1. The van der Waals surface area contributed by atoms with Gasteiger partial charge in [0.2, 0.25) is 5.91 Å². The number of likely N-dealkylation sites (tertiary alicyclic amines) is 1. The van der Waals surface area contributed by atoms with Gasteiger partial charge >= 0.3 is 0 Å². The fourth-order valence-corrected chi connectivity index (χ4v) is 3.54. The fourth-order valence-electron chi connectivity index (χ4n) is 3.54. The molecule has 1 fully saturated rings. The number of amides is 1. The first-order valence-corrected chi connectivity index (χ1v) is 8.82. The van der Waals surface area contributed by atoms with Crippen LogP contribution >= 0.6 is 0 Å². The Kier molecular flexibility index (Phi) is 8.27. The van der Waals surface area contributed by atoms with Crippen LogP contribution in [0.1, 0.15) is 59.3 Å². The lowest BCUT2D eigenvalue weighted by molar-refractivity contribution is -0.131. The van der Waals surface area contributed by atoms with Gasteiger partial charge in [-0.05, 0) is 51.2 Å². The van der Waals surface area contributed by atoms with Crippen molar-refractivity contribution >= 4 is 5.91 Å². The summed E-state index contributed by atoms with van der Waals surface area (Å²) in [5.41, 5.74) is 5.62. The first-order chi connectivity index (χ1) is 10.1. The molecule has 1 amide bonds. The van der Waals surface area contributed by atoms with E-state index in [1.54, 1.807) is 0 Å². The molecule has 0 atom stereocenters. The van der Waals surface area contributed by atoms with Gasteiger partial charge in [0.1, 0.15) is 0 Å². The smallest absolute Gasteiger partial charge is 0.227 e. The summed E-state index contributed by atoms with van der Waals surface area (Å²) in [7, 11) is 0. The van der Waals surface area contributed by atoms with Gasteiger partial charge in [-0.1, -0.05) is 33.6 Å². The fraction of sp³-hybridized carbons (Fsp3) is 0.941. The second-order valence-corrected chi connectivity index (χ2v) is 6.57. The molecule has 3 N–H and O–H groups in total. The molecule has 1 heterocycles. The molecule has 0 aromatic carbocycles. The molecule has 0 saturated carbocycles. The maximum Gasteiger partial charge on any atom is 0.227 e. The van der Waals surface area contributed by atoms with Crippen molar-refractivity contribution < 1.29 is 4.79 Å². The summed E-state index contributed by atoms with van der Waals surface area (Å²) in [6.45, 7) is 11.3. The van der Waals surface area contributed by atoms with E-state index in [0.717, 1.165) is 38.8 Å². The summed E-state index contributed by atoms with van der Waals surface area (Å²) in [5, 5.41) is 3.21. The average Bonchev–Trinajstić information content (AvgIpc) is 2.52. The van der Waals surface area contributed by atoms with Crippen LogP contribution in [0.2, 0.25) is 0 Å². The molecule has 0 aliphatic carbocycles. The van der Waals surface area contributed by atoms with E-state index in [-0.39, 0.29) is 11.3 Å². The van der Waals surface area contributed by atoms with Crippen LogP contribution in [0.5, 0.6) is 0 Å². The zero-order valence-corrected chi connectivity index (χ0v) is 14.3. The molecule has 0 unspecified atom stereocenters. The summed E-state index contributed by atoms with van der Waals surface area (Å²) in [6.07, 6.45) is 6.23. The number of carbonyl (C=O) groups excluding carboxylic acids is 1. The molecule has 1 rings (SSSR count). The highest BCUT2D eigenvalue weighted by Crippen LogP contribution is 2.29. The van der Waals surface area contributed by atoms with E-state index >= 15 is 0 Å². The third kappa shape index (κ3) is 5.26. The number of hydrogen-bond donors (Lipinski definition) is 2. The highest BCUT2D eigenvalue weighted by molar-refractivity contribution is 5.82. The van der Waals surface area contributed by atoms with Gasteiger partial charge in [0.25, 0.3) is 0 Å². The third-order valence-corrected chi connectivity index (χ3v) is 5.04. The van der Waals surface area contributed by atoms with Crippen molar-refractivity contribution in [3.05, 3.63) is 0 Å². The minimum atomic E-state index is -0.340. The van der Waals surface area contributed by atoms with Crippen LogP contribution in [-0.4, -0.2) is 43.5 Å². The number of nitrogens with two attached hydrogens (primary N) is 1. The van der Waals surface area contributed by atoms with Crippen molar-refractivity contribution in [1.82, 2.24) is 10.2 Å². The van der Waals surface area contributed by atoms with E-state index in [0.29, 0.717) is 12.5 Å². The molecule has 4 heteroatoms. The van der Waals surface area contributed by atoms with Crippen LogP contribution in [0.3, 0.4) is 0 Å². The Balaban J connectivity index is 2.46. The number of rotatable bonds is 9. The van der Waals surface area contributed by atoms with Crippen LogP contribution in [0.15, 0.2) is 0 Å². The van der Waals surface area contributed by atoms with Crippen molar-refractivity contribution in [2.45, 2.75) is 59.3 Å². The van der Waals surface area contributed by atoms with E-state index in [1.165, 1.54) is 25.9 Å². The molecule has 0 aromatic rings. The second kappa shape index (κ2) is 9.42. The van der Waals surface area contributed by atoms with E-state index < -0.39 is 0 Å². The number of carbonyl (C=O) groups is 1. The van der Waals surface area contributed by atoms with Gasteiger partial charge in [-0.25, -0.2) is 0 Å². The molecular formula is C17H35N3O. The Morgan fingerprint density at radius 2 is 1.76 bits per heavy atom. The molecule has 1 aliphatic heterocycles. The molecular weight excluding hydrogens is 262 g/mol. The highest BCUT2D eigenvalue weighted by atomic mass is 16.2. The van der Waals surface area contributed by atoms with Crippen LogP contribution in [0, 0.1) is 11.3 Å². The van der Waals surface area contributed by atoms with Crippen LogP contribution < -0.4 is 11.1 Å². The highest BCUT2D eigenvalue weighted by Gasteiger charge is 2.35. The van der Waals surface area contributed by atoms with E-state index in [2.05, 4.69) is 31.0 Å². The predicted molar refractivity (Wildman–Crippen MR) is 89.2 cm³/mol. The average molecular weight is 297 g/mol. The normalized spacial score (nSPS) is 17.9. The van der Waals surface area contributed by atoms with E-state index in [9.17, 15) is 4.79 Å². The van der Waals surface area contributed by atoms with Crippen LogP contribution in [0.25, 0.3) is 0 Å². The minimum absolute atomic E-state index is 0.187. The van der Waals surface area contributed by atoms with Crippen molar-refractivity contribution in [3.63, 3.8) is 0 Å². The summed E-state index contributed by atoms with van der Waals surface area (Å²) in [6, 6.07) is 0. The topological polar surface area (TPSA) is 58.4 Å². The Morgan fingerprint density at radius 3 is 2.19 bits per heavy atom. The van der Waals surface area contributed by atoms with Gasteiger partial charge in [0.05, 0.1) is 5.41 Å². The van der Waals surface area contributed by atoms with Crippen LogP contribution in [0.4, 0.5) is 0 Å². The van der Waals surface area contributed by atoms with Gasteiger partial charge in [-0.15, -0.1) is 0 Å². The maximum absolute atomic E-state index is 12.6. The first kappa shape index (κ1) is 18.4. The summed E-state index contributed by atoms with van der Waals surface area (Å²) in [4.78, 5) is 15.1. The number of nitrogens with zero attached hydrogens (tertiary/aromatic N) is 1. The van der Waals surface area contributed by atoms with Gasteiger partial charge in [-0.2, -0.15) is 0 Å². The number of nitrogens with one attached hydrogen (secondary N) is 1. The van der Waals surface area contributed by atoms with Gasteiger partial charge < -0.3 is 16.0 Å². The van der Waals surface area contributed by atoms with Crippen LogP contribution in [-0.2, 0) is 4.79 Å². The zero-order valence-electron chi connectivity index (χ0n) is 14.3. The maximum atomic E-state index is 12.6. The Labute approximate surface area is 130 Å². The molecule has 124 valence electrons. The summed E-state index contributed by atoms with van der Waals surface area (Å²) < 4.78 is 0. The number of piperidine rings is 1. The molecule has 1 aliphatic rings. The zero-order chi connectivity index (χ0) is 15.7. The first-order valence-electron chi connectivity index (χ1n) is 8.82. The summed E-state index contributed by atoms with van der Waals surface area (Å²) >= 11 is 0. The predicted octanol–water partition coefficient (Wildman–Crippen LogP) is 2.38. The van der Waals surface area contributed by atoms with Crippen molar-refractivity contribution in [1.29, 1.82) is 0 Å². The van der Waals surface area contributed by atoms with Gasteiger partial charge in [0, 0.05) is 13.1 Å². The van der Waals surface area contributed by atoms with Crippen molar-refractivity contribution in [2.75, 3.05) is 32.7 Å². The monoisotopic (exact) mass is 297 g/mol. The molecule has 0 bridgehead atoms. The standard InChI is InChI=1S/C17H35N3O/c1-4-9-17(14-18,10-5-2)16(21)19-13-15-7-11-20(6-3)12-8-15/h15H,4-14,18H2,1-3H3,(H,19,21). The lowest BCUT2D eigenvalue weighted by Crippen LogP contribution is -2.48. The quantitative estimate of drug-likeness (QED) is 0.687. The number of hydrogen-bond acceptors (Lipinski definition) is 3. The third-order valence-electron chi connectivity index (χ3n) is 5.04. The molecule has 1 saturated heterocycles. The molecule has 0 spiro atoms. The summed E-state index contributed by atoms with van der Waals surface area (Å²) in [5.74, 6) is 0.821. The molecule has 0 radical (unpaired) electrons. The van der Waals surface area contributed by atoms with Crippen molar-refractivity contribution in [3.8, 4) is 0 Å². The largest absolute Gasteiger partial charge is 0.355 e. The molecule has 0 aromatic heterocycles. The van der Waals surface area contributed by atoms with Gasteiger partial charge in [0.15, 0.2) is 0 Å². The Morgan fingerprint density at radius 1 is 1.19 bits per heavy atom.